The third-order valence-electron chi connectivity index (χ3n) is 2.09. The van der Waals surface area contributed by atoms with E-state index in [4.69, 9.17) is 8.22 Å². The fourth-order valence-electron chi connectivity index (χ4n) is 1.42. The molecule has 2 nitrogen and oxygen atoms in total. The zero-order chi connectivity index (χ0) is 15.3. The second kappa shape index (κ2) is 3.82. The molecule has 0 aromatic heterocycles. The van der Waals surface area contributed by atoms with Crippen LogP contribution in [0.5, 0.6) is 0 Å². The van der Waals surface area contributed by atoms with Crippen molar-refractivity contribution < 1.29 is 13.0 Å². The lowest BCUT2D eigenvalue weighted by Crippen LogP contribution is -2.41. The van der Waals surface area contributed by atoms with Crippen LogP contribution in [0.2, 0.25) is 0 Å². The molecule has 2 heteroatoms. The van der Waals surface area contributed by atoms with Crippen LogP contribution in [0.25, 0.3) is 0 Å². The van der Waals surface area contributed by atoms with Crippen LogP contribution in [-0.4, -0.2) is 11.9 Å². The third kappa shape index (κ3) is 1.65. The number of rotatable bonds is 1. The number of hydrogen-bond donors (Lipinski definition) is 0. The maximum atomic E-state index is 12.3. The molecule has 0 N–H and O–H groups in total. The van der Waals surface area contributed by atoms with Crippen LogP contribution in [0.1, 0.15) is 34.3 Å². The molecule has 1 aliphatic rings. The number of carbonyl (C=O) groups excluding carboxylic acids is 1. The topological polar surface area (TPSA) is 20.3 Å². The van der Waals surface area contributed by atoms with Gasteiger partial charge in [-0.1, -0.05) is 18.2 Å². The molecule has 74 valence electrons. The van der Waals surface area contributed by atoms with Crippen LogP contribution < -0.4 is 4.90 Å². The summed E-state index contributed by atoms with van der Waals surface area (Å²) in [6.45, 7) is 1.39. The average molecular weight is 195 g/mol. The van der Waals surface area contributed by atoms with E-state index in [0.717, 1.165) is 4.90 Å². The summed E-state index contributed by atoms with van der Waals surface area (Å²) in [5, 5.41) is 0. The molecule has 1 unspecified atom stereocenters. The van der Waals surface area contributed by atoms with E-state index in [1.165, 1.54) is 6.92 Å². The summed E-state index contributed by atoms with van der Waals surface area (Å²) in [6.07, 6.45) is -8.35. The number of piperidine rings is 1. The minimum atomic E-state index is -2.93. The summed E-state index contributed by atoms with van der Waals surface area (Å²) in [5.74, 6) is -1.06. The molecule has 1 amide bonds. The van der Waals surface area contributed by atoms with Crippen molar-refractivity contribution in [1.82, 2.24) is 0 Å². The summed E-state index contributed by atoms with van der Waals surface area (Å²) in [5.41, 5.74) is 0.355. The van der Waals surface area contributed by atoms with E-state index in [9.17, 15) is 4.79 Å². The summed E-state index contributed by atoms with van der Waals surface area (Å²) in [7, 11) is 0. The van der Waals surface area contributed by atoms with Gasteiger partial charge in [-0.05, 0) is 31.8 Å². The van der Waals surface area contributed by atoms with E-state index >= 15 is 0 Å². The minimum Gasteiger partial charge on any atom is -0.310 e. The molecule has 0 spiro atoms. The normalized spacial score (nSPS) is 39.6. The smallest absolute Gasteiger partial charge is 0.227 e. The number of benzene rings is 1. The van der Waals surface area contributed by atoms with Gasteiger partial charge >= 0.3 is 0 Å². The zero-order valence-corrected chi connectivity index (χ0v) is 7.82. The van der Waals surface area contributed by atoms with Crippen LogP contribution in [0, 0.1) is 0 Å². The Bertz CT molecular complexity index is 530. The number of amides is 1. The first-order valence-electron chi connectivity index (χ1n) is 7.44. The summed E-state index contributed by atoms with van der Waals surface area (Å²) in [4.78, 5) is 13.3. The van der Waals surface area contributed by atoms with Crippen LogP contribution in [0.15, 0.2) is 30.3 Å². The maximum absolute atomic E-state index is 12.3. The lowest BCUT2D eigenvalue weighted by Gasteiger charge is -2.33. The summed E-state index contributed by atoms with van der Waals surface area (Å²) in [6, 6.07) is 7.07. The van der Waals surface area contributed by atoms with Gasteiger partial charge in [-0.25, -0.2) is 0 Å². The molecule has 1 saturated heterocycles. The quantitative estimate of drug-likeness (QED) is 0.674. The molecular weight excluding hydrogens is 174 g/mol. The first-order valence-corrected chi connectivity index (χ1v) is 4.44. The molecule has 0 radical (unpaired) electrons. The molecule has 1 aromatic rings. The molecule has 0 saturated carbocycles. The van der Waals surface area contributed by atoms with E-state index < -0.39 is 31.1 Å². The lowest BCUT2D eigenvalue weighted by molar-refractivity contribution is -0.120. The van der Waals surface area contributed by atoms with Crippen LogP contribution in [0.3, 0.4) is 0 Å². The summed E-state index contributed by atoms with van der Waals surface area (Å²) < 4.78 is 46.7. The van der Waals surface area contributed by atoms with Crippen molar-refractivity contribution in [3.05, 3.63) is 30.3 Å². The number of para-hydroxylation sites is 1. The highest BCUT2D eigenvalue weighted by molar-refractivity contribution is 5.94. The van der Waals surface area contributed by atoms with Crippen molar-refractivity contribution in [3.63, 3.8) is 0 Å². The van der Waals surface area contributed by atoms with Gasteiger partial charge in [-0.2, -0.15) is 0 Å². The molecule has 1 aliphatic heterocycles. The van der Waals surface area contributed by atoms with Crippen molar-refractivity contribution in [1.29, 1.82) is 0 Å². The van der Waals surface area contributed by atoms with E-state index in [-0.39, 0.29) is 0 Å². The molecular formula is C12H15NO. The van der Waals surface area contributed by atoms with Crippen molar-refractivity contribution in [3.8, 4) is 0 Å². The molecule has 0 bridgehead atoms. The van der Waals surface area contributed by atoms with Gasteiger partial charge in [0.25, 0.3) is 0 Å². The van der Waals surface area contributed by atoms with Crippen molar-refractivity contribution in [2.24, 2.45) is 0 Å². The first kappa shape index (κ1) is 4.47. The molecule has 0 aliphatic carbocycles. The van der Waals surface area contributed by atoms with E-state index in [1.54, 1.807) is 30.3 Å². The average Bonchev–Trinajstić information content (AvgIpc) is 2.38. The summed E-state index contributed by atoms with van der Waals surface area (Å²) >= 11 is 0. The van der Waals surface area contributed by atoms with Gasteiger partial charge < -0.3 is 4.90 Å². The van der Waals surface area contributed by atoms with Crippen LogP contribution in [0.4, 0.5) is 5.69 Å². The Morgan fingerprint density at radius 1 is 1.43 bits per heavy atom. The van der Waals surface area contributed by atoms with Crippen LogP contribution >= 0.6 is 0 Å². The molecule has 14 heavy (non-hydrogen) atoms. The Labute approximate surface area is 93.0 Å². The Morgan fingerprint density at radius 2 is 2.14 bits per heavy atom. The van der Waals surface area contributed by atoms with E-state index in [1.807, 2.05) is 0 Å². The Morgan fingerprint density at radius 3 is 2.86 bits per heavy atom. The van der Waals surface area contributed by atoms with Crippen molar-refractivity contribution in [2.75, 3.05) is 4.90 Å². The van der Waals surface area contributed by atoms with Gasteiger partial charge in [-0.3, -0.25) is 4.79 Å². The predicted molar refractivity (Wildman–Crippen MR) is 57.2 cm³/mol. The second-order valence-corrected chi connectivity index (χ2v) is 3.08. The first-order chi connectivity index (χ1) is 9.05. The highest BCUT2D eigenvalue weighted by Gasteiger charge is 2.25. The highest BCUT2D eigenvalue weighted by atomic mass is 16.2. The number of nitrogens with zero attached hydrogens (tertiary/aromatic N) is 1. The van der Waals surface area contributed by atoms with Crippen molar-refractivity contribution >= 4 is 11.6 Å². The van der Waals surface area contributed by atoms with Gasteiger partial charge in [-0.15, -0.1) is 0 Å². The Kier molecular flexibility index (Phi) is 1.22. The van der Waals surface area contributed by atoms with E-state index in [2.05, 4.69) is 0 Å². The molecule has 1 heterocycles. The third-order valence-corrected chi connectivity index (χ3v) is 2.09. The lowest BCUT2D eigenvalue weighted by atomic mass is 10.0. The van der Waals surface area contributed by atoms with Gasteiger partial charge in [0.2, 0.25) is 5.91 Å². The number of hydrogen-bond acceptors (Lipinski definition) is 1. The SMILES string of the molecule is [2H]C1([2H])C(=O)N(c2ccccc2)C(C)C([2H])([2H])C1([2H])[2H]. The van der Waals surface area contributed by atoms with Crippen molar-refractivity contribution in [2.45, 2.75) is 32.1 Å². The monoisotopic (exact) mass is 195 g/mol. The zero-order valence-electron chi connectivity index (χ0n) is 13.8. The standard InChI is InChI=1S/C12H15NO/c1-10-6-5-9-12(14)13(10)11-7-3-2-4-8-11/h2-4,7-8,10H,5-6,9H2,1H3/i5D2,6D2,9D2. The molecule has 2 rings (SSSR count). The van der Waals surface area contributed by atoms with Crippen LogP contribution in [-0.2, 0) is 4.79 Å². The maximum Gasteiger partial charge on any atom is 0.227 e. The second-order valence-electron chi connectivity index (χ2n) is 3.08. The molecule has 1 aromatic carbocycles. The largest absolute Gasteiger partial charge is 0.310 e. The number of carbonyl (C=O) groups is 1. The fourth-order valence-corrected chi connectivity index (χ4v) is 1.42. The highest BCUT2D eigenvalue weighted by Crippen LogP contribution is 2.24. The predicted octanol–water partition coefficient (Wildman–Crippen LogP) is 2.59. The fraction of sp³-hybridized carbons (Fsp3) is 0.417. The van der Waals surface area contributed by atoms with Gasteiger partial charge in [0, 0.05) is 26.3 Å². The molecule has 1 fully saturated rings. The number of anilines is 1. The van der Waals surface area contributed by atoms with Gasteiger partial charge in [0.1, 0.15) is 0 Å². The van der Waals surface area contributed by atoms with E-state index in [0.29, 0.717) is 5.69 Å². The molecule has 1 atom stereocenters. The van der Waals surface area contributed by atoms with Gasteiger partial charge in [0.05, 0.1) is 0 Å². The minimum absolute atomic E-state index is 0.355. The van der Waals surface area contributed by atoms with Gasteiger partial charge in [0.15, 0.2) is 0 Å². The Balaban J connectivity index is 2.59. The Hall–Kier alpha value is -1.31.